The minimum Gasteiger partial charge on any atom is -0.457 e. The fraction of sp³-hybridized carbons (Fsp3) is 0.462. The summed E-state index contributed by atoms with van der Waals surface area (Å²) >= 11 is 0. The van der Waals surface area contributed by atoms with Crippen molar-refractivity contribution < 1.29 is 28.6 Å². The van der Waals surface area contributed by atoms with Gasteiger partial charge in [0.1, 0.15) is 47.0 Å². The Morgan fingerprint density at radius 3 is 2.22 bits per heavy atom. The monoisotopic (exact) mass is 698 g/mol. The van der Waals surface area contributed by atoms with Crippen molar-refractivity contribution in [1.29, 1.82) is 0 Å². The number of carbonyl (C=O) groups is 3. The van der Waals surface area contributed by atoms with E-state index in [-0.39, 0.29) is 24.5 Å². The molecular weight excluding hydrogens is 648 g/mol. The van der Waals surface area contributed by atoms with Crippen molar-refractivity contribution in [2.45, 2.75) is 97.4 Å². The summed E-state index contributed by atoms with van der Waals surface area (Å²) in [6.07, 6.45) is 13.0. The van der Waals surface area contributed by atoms with Crippen molar-refractivity contribution in [3.8, 4) is 16.9 Å². The molecule has 3 aromatic rings. The predicted molar refractivity (Wildman–Crippen MR) is 197 cm³/mol. The van der Waals surface area contributed by atoms with Crippen LogP contribution in [-0.4, -0.2) is 79.3 Å². The predicted octanol–water partition coefficient (Wildman–Crippen LogP) is 8.03. The number of nitrogens with zero attached hydrogens (tertiary/aromatic N) is 5. The van der Waals surface area contributed by atoms with E-state index in [9.17, 15) is 14.4 Å². The van der Waals surface area contributed by atoms with Crippen LogP contribution >= 0.6 is 0 Å². The maximum Gasteiger partial charge on any atom is 0.413 e. The lowest BCUT2D eigenvalue weighted by Gasteiger charge is -2.42. The van der Waals surface area contributed by atoms with Crippen LogP contribution in [0.1, 0.15) is 80.2 Å². The lowest BCUT2D eigenvalue weighted by molar-refractivity contribution is -0.139. The van der Waals surface area contributed by atoms with Gasteiger partial charge in [0.2, 0.25) is 5.91 Å². The van der Waals surface area contributed by atoms with Crippen LogP contribution in [0.3, 0.4) is 0 Å². The molecule has 1 aliphatic carbocycles. The maximum absolute atomic E-state index is 13.2. The van der Waals surface area contributed by atoms with Gasteiger partial charge in [0.05, 0.1) is 5.39 Å². The molecule has 0 atom stereocenters. The smallest absolute Gasteiger partial charge is 0.413 e. The quantitative estimate of drug-likeness (QED) is 0.185. The first-order chi connectivity index (χ1) is 24.2. The zero-order chi connectivity index (χ0) is 36.9. The number of rotatable bonds is 8. The highest BCUT2D eigenvalue weighted by molar-refractivity contribution is 6.05. The topological polar surface area (TPSA) is 128 Å². The van der Waals surface area contributed by atoms with E-state index in [1.54, 1.807) is 12.2 Å². The molecular formula is C39H50N6O6. The Balaban J connectivity index is 1.39. The number of allylic oxidation sites excluding steroid dienone is 4. The van der Waals surface area contributed by atoms with Crippen molar-refractivity contribution in [3.63, 3.8) is 0 Å². The molecule has 12 heteroatoms. The molecule has 0 radical (unpaired) electrons. The zero-order valence-corrected chi connectivity index (χ0v) is 30.8. The number of anilines is 1. The first kappa shape index (κ1) is 37.1. The summed E-state index contributed by atoms with van der Waals surface area (Å²) in [5.41, 5.74) is 1.15. The Bertz CT molecular complexity index is 1810. The fourth-order valence-electron chi connectivity index (χ4n) is 6.52. The van der Waals surface area contributed by atoms with Crippen LogP contribution in [0.25, 0.3) is 22.2 Å². The van der Waals surface area contributed by atoms with Gasteiger partial charge in [-0.2, -0.15) is 0 Å². The molecule has 1 N–H and O–H groups in total. The largest absolute Gasteiger partial charge is 0.457 e. The highest BCUT2D eigenvalue weighted by Crippen LogP contribution is 2.40. The molecule has 3 heterocycles. The Morgan fingerprint density at radius 1 is 0.941 bits per heavy atom. The average molecular weight is 699 g/mol. The van der Waals surface area contributed by atoms with Crippen LogP contribution in [0, 0.1) is 0 Å². The van der Waals surface area contributed by atoms with E-state index >= 15 is 0 Å². The van der Waals surface area contributed by atoms with E-state index in [4.69, 9.17) is 19.2 Å². The summed E-state index contributed by atoms with van der Waals surface area (Å²) in [7, 11) is 0. The van der Waals surface area contributed by atoms with Crippen LogP contribution in [0.4, 0.5) is 15.4 Å². The summed E-state index contributed by atoms with van der Waals surface area (Å²) in [4.78, 5) is 51.3. The second-order valence-corrected chi connectivity index (χ2v) is 14.9. The second kappa shape index (κ2) is 15.4. The van der Waals surface area contributed by atoms with Gasteiger partial charge in [0.15, 0.2) is 0 Å². The molecule has 0 unspecified atom stereocenters. The van der Waals surface area contributed by atoms with Crippen molar-refractivity contribution in [1.82, 2.24) is 24.3 Å². The molecule has 3 amide bonds. The van der Waals surface area contributed by atoms with Crippen molar-refractivity contribution in [3.05, 3.63) is 73.4 Å². The summed E-state index contributed by atoms with van der Waals surface area (Å²) < 4.78 is 19.3. The van der Waals surface area contributed by atoms with Crippen molar-refractivity contribution in [2.24, 2.45) is 0 Å². The zero-order valence-electron chi connectivity index (χ0n) is 30.8. The second-order valence-electron chi connectivity index (χ2n) is 14.9. The van der Waals surface area contributed by atoms with E-state index in [0.717, 1.165) is 36.8 Å². The Hall–Kier alpha value is -5.13. The molecule has 1 saturated carbocycles. The number of benzene rings is 1. The number of ether oxygens (including phenoxy) is 3. The van der Waals surface area contributed by atoms with Gasteiger partial charge >= 0.3 is 12.2 Å². The van der Waals surface area contributed by atoms with Crippen LogP contribution in [0.15, 0.2) is 73.4 Å². The first-order valence-electron chi connectivity index (χ1n) is 17.5. The lowest BCUT2D eigenvalue weighted by atomic mass is 9.89. The Labute approximate surface area is 300 Å². The van der Waals surface area contributed by atoms with Gasteiger partial charge in [-0.15, -0.1) is 0 Å². The molecule has 1 aromatic carbocycles. The lowest BCUT2D eigenvalue weighted by Crippen LogP contribution is -2.56. The van der Waals surface area contributed by atoms with Crippen LogP contribution in [0.5, 0.6) is 5.75 Å². The number of hydrogen-bond donors (Lipinski definition) is 1. The normalized spacial score (nSPS) is 19.0. The third-order valence-corrected chi connectivity index (χ3v) is 8.65. The Kier molecular flexibility index (Phi) is 11.2. The summed E-state index contributed by atoms with van der Waals surface area (Å²) in [6, 6.07) is 7.93. The molecule has 0 bridgehead atoms. The number of nitrogens with one attached hydrogen (secondary N) is 1. The SMILES string of the molecule is C=C/C=C(\C=C/C)Oc1ccc(-c2cn(C3CCC(N4CCN(C(=O)OC(C)(C)C)CC4=O)CC3)c3ncnc(NC(=O)OC(C)(C)C)c23)cc1. The molecule has 12 nitrogen and oxygen atoms in total. The van der Waals surface area contributed by atoms with Crippen molar-refractivity contribution >= 4 is 34.9 Å². The summed E-state index contributed by atoms with van der Waals surface area (Å²) in [5.74, 6) is 1.63. The molecule has 272 valence electrons. The minimum absolute atomic E-state index is 0.0236. The number of piperazine rings is 1. The van der Waals surface area contributed by atoms with Gasteiger partial charge in [-0.1, -0.05) is 30.9 Å². The van der Waals surface area contributed by atoms with Gasteiger partial charge in [0, 0.05) is 36.9 Å². The summed E-state index contributed by atoms with van der Waals surface area (Å²) in [6.45, 7) is 17.5. The third kappa shape index (κ3) is 9.36. The fourth-order valence-corrected chi connectivity index (χ4v) is 6.52. The van der Waals surface area contributed by atoms with Crippen LogP contribution in [0.2, 0.25) is 0 Å². The van der Waals surface area contributed by atoms with Crippen LogP contribution in [-0.2, 0) is 14.3 Å². The van der Waals surface area contributed by atoms with Gasteiger partial charge in [0.25, 0.3) is 0 Å². The van der Waals surface area contributed by atoms with E-state index in [1.807, 2.05) is 89.8 Å². The van der Waals surface area contributed by atoms with Crippen molar-refractivity contribution in [2.75, 3.05) is 25.0 Å². The molecule has 5 rings (SSSR count). The van der Waals surface area contributed by atoms with E-state index in [1.165, 1.54) is 11.2 Å². The highest BCUT2D eigenvalue weighted by Gasteiger charge is 2.36. The average Bonchev–Trinajstić information content (AvgIpc) is 3.44. The standard InChI is InChI=1S/C39H50N6O6/c1-9-11-29(12-10-2)49-30-19-13-26(14-20-30)31-23-45(35-33(31)34(40-25-41-35)42-36(47)50-38(3,4)5)28-17-15-27(16-18-28)44-22-21-43(24-32(44)46)37(48)51-39(6,7)8/h9-14,19-20,23,25,27-28H,1,15-18,21-22,24H2,2-8H3,(H,40,41,42,47)/b12-10-,29-11+. The number of fused-ring (bicyclic) bond motifs is 1. The van der Waals surface area contributed by atoms with E-state index in [0.29, 0.717) is 41.4 Å². The molecule has 1 aliphatic heterocycles. The van der Waals surface area contributed by atoms with Crippen LogP contribution < -0.4 is 10.1 Å². The van der Waals surface area contributed by atoms with E-state index in [2.05, 4.69) is 27.6 Å². The number of aromatic nitrogens is 3. The number of carbonyl (C=O) groups excluding carboxylic acids is 3. The third-order valence-electron chi connectivity index (χ3n) is 8.65. The molecule has 0 spiro atoms. The molecule has 51 heavy (non-hydrogen) atoms. The minimum atomic E-state index is -0.685. The maximum atomic E-state index is 13.2. The Morgan fingerprint density at radius 2 is 1.61 bits per heavy atom. The number of amides is 3. The van der Waals surface area contributed by atoms with Gasteiger partial charge < -0.3 is 23.7 Å². The molecule has 2 aromatic heterocycles. The molecule has 2 aliphatic rings. The number of hydrogen-bond acceptors (Lipinski definition) is 8. The highest BCUT2D eigenvalue weighted by atomic mass is 16.6. The van der Waals surface area contributed by atoms with Gasteiger partial charge in [-0.05, 0) is 104 Å². The molecule has 2 fully saturated rings. The van der Waals surface area contributed by atoms with Gasteiger partial charge in [-0.25, -0.2) is 19.6 Å². The molecule has 1 saturated heterocycles. The summed E-state index contributed by atoms with van der Waals surface area (Å²) in [5, 5.41) is 3.56. The van der Waals surface area contributed by atoms with Gasteiger partial charge in [-0.3, -0.25) is 15.0 Å². The first-order valence-corrected chi connectivity index (χ1v) is 17.5. The van der Waals surface area contributed by atoms with E-state index < -0.39 is 23.4 Å².